The van der Waals surface area contributed by atoms with Crippen LogP contribution < -0.4 is 5.56 Å². The Balaban J connectivity index is 1.79. The number of carbonyl (C=O) groups is 1. The number of rotatable bonds is 7. The first kappa shape index (κ1) is 23.4. The standard InChI is InChI=1S/C26H22N4O5/c1-3-35-26(32)19-9-11-20(12-10-19)27-17(2)23-24(18-7-5-4-6-8-18)28-29(25(23)31)21-13-15-22(16-14-21)30(33)34/h4-16,28H,3H2,1-2H3. The molecule has 0 bridgehead atoms. The van der Waals surface area contributed by atoms with Crippen LogP contribution in [0.5, 0.6) is 0 Å². The Morgan fingerprint density at radius 3 is 2.29 bits per heavy atom. The lowest BCUT2D eigenvalue weighted by Crippen LogP contribution is -2.19. The number of ether oxygens (including phenoxy) is 1. The van der Waals surface area contributed by atoms with Crippen LogP contribution >= 0.6 is 0 Å². The molecule has 0 amide bonds. The van der Waals surface area contributed by atoms with Crippen LogP contribution in [0.15, 0.2) is 88.6 Å². The van der Waals surface area contributed by atoms with E-state index >= 15 is 0 Å². The number of aliphatic imine (C=N–C) groups is 1. The molecule has 0 aliphatic heterocycles. The summed E-state index contributed by atoms with van der Waals surface area (Å²) in [4.78, 5) is 40.5. The third-order valence-corrected chi connectivity index (χ3v) is 5.31. The molecule has 0 unspecified atom stereocenters. The highest BCUT2D eigenvalue weighted by atomic mass is 16.6. The summed E-state index contributed by atoms with van der Waals surface area (Å²) in [5.74, 6) is -0.414. The smallest absolute Gasteiger partial charge is 0.338 e. The Bertz CT molecular complexity index is 1450. The van der Waals surface area contributed by atoms with E-state index in [4.69, 9.17) is 4.74 Å². The highest BCUT2D eigenvalue weighted by Crippen LogP contribution is 2.24. The molecule has 1 heterocycles. The van der Waals surface area contributed by atoms with Crippen molar-refractivity contribution >= 4 is 23.1 Å². The van der Waals surface area contributed by atoms with Crippen LogP contribution in [0, 0.1) is 10.1 Å². The fraction of sp³-hybridized carbons (Fsp3) is 0.115. The fourth-order valence-corrected chi connectivity index (χ4v) is 3.63. The molecule has 0 saturated heterocycles. The third kappa shape index (κ3) is 4.93. The van der Waals surface area contributed by atoms with Gasteiger partial charge in [0.05, 0.1) is 45.4 Å². The largest absolute Gasteiger partial charge is 0.462 e. The summed E-state index contributed by atoms with van der Waals surface area (Å²) in [7, 11) is 0. The van der Waals surface area contributed by atoms with Crippen molar-refractivity contribution in [3.63, 3.8) is 0 Å². The van der Waals surface area contributed by atoms with Crippen molar-refractivity contribution in [3.8, 4) is 16.9 Å². The third-order valence-electron chi connectivity index (χ3n) is 5.31. The average Bonchev–Trinajstić information content (AvgIpc) is 3.22. The molecule has 3 aromatic carbocycles. The lowest BCUT2D eigenvalue weighted by atomic mass is 10.1. The summed E-state index contributed by atoms with van der Waals surface area (Å²) in [5.41, 5.74) is 3.20. The Morgan fingerprint density at radius 1 is 1.03 bits per heavy atom. The topological polar surface area (TPSA) is 120 Å². The first-order valence-electron chi connectivity index (χ1n) is 10.9. The van der Waals surface area contributed by atoms with Crippen LogP contribution in [0.25, 0.3) is 16.9 Å². The predicted molar refractivity (Wildman–Crippen MR) is 133 cm³/mol. The highest BCUT2D eigenvalue weighted by molar-refractivity contribution is 6.04. The Labute approximate surface area is 200 Å². The first-order chi connectivity index (χ1) is 16.9. The molecule has 0 fully saturated rings. The first-order valence-corrected chi connectivity index (χ1v) is 10.9. The van der Waals surface area contributed by atoms with Crippen LogP contribution in [0.4, 0.5) is 11.4 Å². The van der Waals surface area contributed by atoms with Crippen LogP contribution in [-0.4, -0.2) is 33.0 Å². The minimum Gasteiger partial charge on any atom is -0.462 e. The van der Waals surface area contributed by atoms with Gasteiger partial charge < -0.3 is 4.74 Å². The van der Waals surface area contributed by atoms with Gasteiger partial charge in [-0.2, -0.15) is 0 Å². The van der Waals surface area contributed by atoms with Gasteiger partial charge in [-0.15, -0.1) is 0 Å². The second kappa shape index (κ2) is 10.0. The number of nitrogens with one attached hydrogen (secondary N) is 1. The number of non-ortho nitro benzene ring substituents is 1. The number of nitro benzene ring substituents is 1. The van der Waals surface area contributed by atoms with Crippen LogP contribution in [0.1, 0.15) is 29.8 Å². The zero-order valence-electron chi connectivity index (χ0n) is 19.1. The Hall–Kier alpha value is -4.79. The second-order valence-corrected chi connectivity index (χ2v) is 7.61. The monoisotopic (exact) mass is 470 g/mol. The zero-order chi connectivity index (χ0) is 24.9. The lowest BCUT2D eigenvalue weighted by Gasteiger charge is -2.04. The van der Waals surface area contributed by atoms with E-state index in [2.05, 4.69) is 10.1 Å². The van der Waals surface area contributed by atoms with E-state index in [1.54, 1.807) is 38.1 Å². The van der Waals surface area contributed by atoms with Gasteiger partial charge in [0.1, 0.15) is 0 Å². The van der Waals surface area contributed by atoms with Gasteiger partial charge in [-0.25, -0.2) is 9.48 Å². The van der Waals surface area contributed by atoms with E-state index in [1.807, 2.05) is 30.3 Å². The number of hydrogen-bond acceptors (Lipinski definition) is 6. The number of aromatic amines is 1. The van der Waals surface area contributed by atoms with E-state index in [9.17, 15) is 19.7 Å². The van der Waals surface area contributed by atoms with E-state index in [-0.39, 0.29) is 17.9 Å². The summed E-state index contributed by atoms with van der Waals surface area (Å²) in [6, 6.07) is 21.6. The summed E-state index contributed by atoms with van der Waals surface area (Å²) in [6.07, 6.45) is 0. The van der Waals surface area contributed by atoms with Crippen molar-refractivity contribution in [2.45, 2.75) is 13.8 Å². The van der Waals surface area contributed by atoms with Crippen molar-refractivity contribution in [2.75, 3.05) is 6.61 Å². The van der Waals surface area contributed by atoms with Gasteiger partial charge in [0, 0.05) is 17.7 Å². The van der Waals surface area contributed by atoms with E-state index in [0.29, 0.717) is 33.9 Å². The normalized spacial score (nSPS) is 11.3. The number of nitro groups is 1. The predicted octanol–water partition coefficient (Wildman–Crippen LogP) is 5.06. The average molecular weight is 470 g/mol. The quantitative estimate of drug-likeness (QED) is 0.175. The van der Waals surface area contributed by atoms with Crippen molar-refractivity contribution < 1.29 is 14.5 Å². The van der Waals surface area contributed by atoms with Gasteiger partial charge in [0.2, 0.25) is 0 Å². The molecule has 0 aliphatic rings. The Kier molecular flexibility index (Phi) is 6.68. The molecule has 0 radical (unpaired) electrons. The number of benzene rings is 3. The minimum absolute atomic E-state index is 0.0686. The molecule has 9 nitrogen and oxygen atoms in total. The van der Waals surface area contributed by atoms with Crippen molar-refractivity contribution in [3.05, 3.63) is 110 Å². The fourth-order valence-electron chi connectivity index (χ4n) is 3.63. The Morgan fingerprint density at radius 2 is 1.69 bits per heavy atom. The van der Waals surface area contributed by atoms with E-state index < -0.39 is 10.9 Å². The molecule has 35 heavy (non-hydrogen) atoms. The van der Waals surface area contributed by atoms with Gasteiger partial charge in [0.25, 0.3) is 11.2 Å². The number of nitrogens with zero attached hydrogens (tertiary/aromatic N) is 3. The lowest BCUT2D eigenvalue weighted by molar-refractivity contribution is -0.384. The number of esters is 1. The molecule has 0 spiro atoms. The SMILES string of the molecule is CCOC(=O)c1ccc(N=C(C)c2c(-c3ccccc3)[nH]n(-c3ccc([N+](=O)[O-])cc3)c2=O)cc1. The van der Waals surface area contributed by atoms with Crippen LogP contribution in [-0.2, 0) is 4.74 Å². The van der Waals surface area contributed by atoms with Gasteiger partial charge in [-0.1, -0.05) is 30.3 Å². The van der Waals surface area contributed by atoms with E-state index in [1.165, 1.54) is 28.9 Å². The van der Waals surface area contributed by atoms with Crippen LogP contribution in [0.3, 0.4) is 0 Å². The molecule has 1 aromatic heterocycles. The molecular weight excluding hydrogens is 448 g/mol. The summed E-state index contributed by atoms with van der Waals surface area (Å²) < 4.78 is 6.34. The van der Waals surface area contributed by atoms with Gasteiger partial charge in [0.15, 0.2) is 0 Å². The number of H-pyrrole nitrogens is 1. The summed E-state index contributed by atoms with van der Waals surface area (Å²) in [5, 5.41) is 14.1. The molecule has 176 valence electrons. The molecule has 9 heteroatoms. The number of hydrogen-bond donors (Lipinski definition) is 1. The maximum atomic E-state index is 13.5. The molecule has 0 saturated carbocycles. The van der Waals surface area contributed by atoms with Gasteiger partial charge >= 0.3 is 5.97 Å². The molecule has 0 atom stereocenters. The van der Waals surface area contributed by atoms with Crippen molar-refractivity contribution in [1.29, 1.82) is 0 Å². The minimum atomic E-state index is -0.494. The molecule has 0 aliphatic carbocycles. The number of aromatic nitrogens is 2. The highest BCUT2D eigenvalue weighted by Gasteiger charge is 2.20. The maximum absolute atomic E-state index is 13.5. The van der Waals surface area contributed by atoms with Gasteiger partial charge in [-0.3, -0.25) is 25.0 Å². The van der Waals surface area contributed by atoms with Crippen molar-refractivity contribution in [2.24, 2.45) is 4.99 Å². The zero-order valence-corrected chi connectivity index (χ0v) is 19.1. The molecule has 4 rings (SSSR count). The summed E-state index contributed by atoms with van der Waals surface area (Å²) in [6.45, 7) is 3.76. The molecule has 4 aromatic rings. The summed E-state index contributed by atoms with van der Waals surface area (Å²) >= 11 is 0. The number of carbonyl (C=O) groups excluding carboxylic acids is 1. The maximum Gasteiger partial charge on any atom is 0.338 e. The molecular formula is C26H22N4O5. The van der Waals surface area contributed by atoms with E-state index in [0.717, 1.165) is 5.56 Å². The van der Waals surface area contributed by atoms with Gasteiger partial charge in [-0.05, 0) is 50.2 Å². The molecule has 1 N–H and O–H groups in total. The second-order valence-electron chi connectivity index (χ2n) is 7.61. The van der Waals surface area contributed by atoms with Crippen LogP contribution in [0.2, 0.25) is 0 Å². The van der Waals surface area contributed by atoms with Crippen molar-refractivity contribution in [1.82, 2.24) is 9.78 Å².